The summed E-state index contributed by atoms with van der Waals surface area (Å²) in [7, 11) is 0. The fraction of sp³-hybridized carbons (Fsp3) is 0.292. The average Bonchev–Trinajstić information content (AvgIpc) is 3.12. The highest BCUT2D eigenvalue weighted by molar-refractivity contribution is 5.96. The Morgan fingerprint density at radius 3 is 2.25 bits per heavy atom. The molecule has 1 fully saturated rings. The van der Waals surface area contributed by atoms with E-state index in [-0.39, 0.29) is 11.5 Å². The van der Waals surface area contributed by atoms with Crippen molar-refractivity contribution >= 4 is 28.7 Å². The van der Waals surface area contributed by atoms with Gasteiger partial charge in [0.1, 0.15) is 6.04 Å². The summed E-state index contributed by atoms with van der Waals surface area (Å²) in [4.78, 5) is 39.2. The van der Waals surface area contributed by atoms with Crippen LogP contribution in [0.2, 0.25) is 0 Å². The Labute approximate surface area is 185 Å². The number of carboxylic acids is 2. The van der Waals surface area contributed by atoms with Crippen LogP contribution < -0.4 is 0 Å². The Morgan fingerprint density at radius 1 is 0.969 bits per heavy atom. The van der Waals surface area contributed by atoms with E-state index in [9.17, 15) is 24.6 Å². The van der Waals surface area contributed by atoms with Gasteiger partial charge in [0, 0.05) is 62.3 Å². The molecule has 1 aromatic heterocycles. The van der Waals surface area contributed by atoms with Gasteiger partial charge in [-0.25, -0.2) is 4.79 Å². The molecule has 1 amide bonds. The number of carbonyl (C=O) groups is 3. The van der Waals surface area contributed by atoms with Gasteiger partial charge in [-0.3, -0.25) is 14.5 Å². The van der Waals surface area contributed by atoms with E-state index in [4.69, 9.17) is 0 Å². The van der Waals surface area contributed by atoms with E-state index in [0.717, 1.165) is 11.1 Å². The van der Waals surface area contributed by atoms with Gasteiger partial charge in [-0.15, -0.1) is 0 Å². The summed E-state index contributed by atoms with van der Waals surface area (Å²) in [5.41, 5.74) is 2.51. The summed E-state index contributed by atoms with van der Waals surface area (Å²) in [6, 6.07) is 13.7. The first-order chi connectivity index (χ1) is 15.3. The number of rotatable bonds is 6. The quantitative estimate of drug-likeness (QED) is 0.617. The van der Waals surface area contributed by atoms with Crippen molar-refractivity contribution in [1.29, 1.82) is 0 Å². The van der Waals surface area contributed by atoms with E-state index >= 15 is 0 Å². The molecule has 2 aromatic carbocycles. The first-order valence-corrected chi connectivity index (χ1v) is 10.5. The lowest BCUT2D eigenvalue weighted by atomic mass is 10.0. The highest BCUT2D eigenvalue weighted by Crippen LogP contribution is 2.32. The summed E-state index contributed by atoms with van der Waals surface area (Å²) in [6.45, 7) is 3.83. The molecule has 2 N–H and O–H groups in total. The van der Waals surface area contributed by atoms with Crippen LogP contribution in [0.1, 0.15) is 34.5 Å². The standard InChI is InChI=1S/C24H25N3O5/c1-16(28)25-9-11-26(12-10-25)22(24(31)32)20-15-27(14-17-5-3-2-4-6-17)21-8-7-18(23(29)30)13-19(20)21/h2-8,13,15,22H,9-12,14H2,1H3,(H,29,30)(H,31,32)/t22-/m0/s1. The van der Waals surface area contributed by atoms with Crippen LogP contribution in [0.5, 0.6) is 0 Å². The van der Waals surface area contributed by atoms with E-state index in [1.54, 1.807) is 17.0 Å². The van der Waals surface area contributed by atoms with Crippen molar-refractivity contribution in [1.82, 2.24) is 14.4 Å². The third-order valence-corrected chi connectivity index (χ3v) is 6.01. The minimum Gasteiger partial charge on any atom is -0.480 e. The van der Waals surface area contributed by atoms with E-state index in [0.29, 0.717) is 43.7 Å². The van der Waals surface area contributed by atoms with Gasteiger partial charge in [0.25, 0.3) is 0 Å². The van der Waals surface area contributed by atoms with Gasteiger partial charge < -0.3 is 19.7 Å². The van der Waals surface area contributed by atoms with Crippen LogP contribution in [-0.2, 0) is 16.1 Å². The molecule has 0 unspecified atom stereocenters. The normalized spacial score (nSPS) is 15.6. The molecule has 3 aromatic rings. The summed E-state index contributed by atoms with van der Waals surface area (Å²) < 4.78 is 1.97. The van der Waals surface area contributed by atoms with Crippen LogP contribution in [0, 0.1) is 0 Å². The molecule has 0 bridgehead atoms. The molecule has 1 saturated heterocycles. The van der Waals surface area contributed by atoms with Crippen molar-refractivity contribution in [3.05, 3.63) is 71.4 Å². The smallest absolute Gasteiger partial charge is 0.335 e. The third-order valence-electron chi connectivity index (χ3n) is 6.01. The number of carboxylic acid groups (broad SMARTS) is 2. The molecular weight excluding hydrogens is 410 g/mol. The monoisotopic (exact) mass is 435 g/mol. The number of amides is 1. The van der Waals surface area contributed by atoms with Crippen molar-refractivity contribution in [3.8, 4) is 0 Å². The molecule has 0 spiro atoms. The summed E-state index contributed by atoms with van der Waals surface area (Å²) in [5, 5.41) is 20.2. The molecular formula is C24H25N3O5. The van der Waals surface area contributed by atoms with Crippen LogP contribution in [0.15, 0.2) is 54.7 Å². The highest BCUT2D eigenvalue weighted by atomic mass is 16.4. The molecule has 8 nitrogen and oxygen atoms in total. The van der Waals surface area contributed by atoms with E-state index in [1.165, 1.54) is 13.0 Å². The molecule has 4 rings (SSSR count). The first kappa shape index (κ1) is 21.6. The lowest BCUT2D eigenvalue weighted by Gasteiger charge is -2.37. The second kappa shape index (κ2) is 8.84. The Balaban J connectivity index is 1.78. The largest absolute Gasteiger partial charge is 0.480 e. The van der Waals surface area contributed by atoms with Crippen LogP contribution in [0.25, 0.3) is 10.9 Å². The maximum Gasteiger partial charge on any atom is 0.335 e. The first-order valence-electron chi connectivity index (χ1n) is 10.5. The van der Waals surface area contributed by atoms with Crippen LogP contribution in [0.3, 0.4) is 0 Å². The number of hydrogen-bond donors (Lipinski definition) is 2. The zero-order valence-electron chi connectivity index (χ0n) is 17.8. The van der Waals surface area contributed by atoms with E-state index < -0.39 is 18.0 Å². The molecule has 1 aliphatic heterocycles. The molecule has 32 heavy (non-hydrogen) atoms. The molecule has 8 heteroatoms. The molecule has 0 saturated carbocycles. The van der Waals surface area contributed by atoms with Gasteiger partial charge in [0.2, 0.25) is 5.91 Å². The van der Waals surface area contributed by atoms with Gasteiger partial charge >= 0.3 is 11.9 Å². The Bertz CT molecular complexity index is 1160. The van der Waals surface area contributed by atoms with Gasteiger partial charge in [-0.1, -0.05) is 30.3 Å². The number of aliphatic carboxylic acids is 1. The highest BCUT2D eigenvalue weighted by Gasteiger charge is 2.33. The maximum atomic E-state index is 12.4. The molecule has 2 heterocycles. The topological polar surface area (TPSA) is 103 Å². The van der Waals surface area contributed by atoms with Crippen molar-refractivity contribution in [2.75, 3.05) is 26.2 Å². The lowest BCUT2D eigenvalue weighted by molar-refractivity contribution is -0.144. The fourth-order valence-electron chi connectivity index (χ4n) is 4.37. The van der Waals surface area contributed by atoms with Crippen molar-refractivity contribution in [2.24, 2.45) is 0 Å². The van der Waals surface area contributed by atoms with Gasteiger partial charge in [-0.2, -0.15) is 0 Å². The molecule has 0 radical (unpaired) electrons. The number of carbonyl (C=O) groups excluding carboxylic acids is 1. The number of nitrogens with zero attached hydrogens (tertiary/aromatic N) is 3. The van der Waals surface area contributed by atoms with Crippen LogP contribution in [0.4, 0.5) is 0 Å². The number of fused-ring (bicyclic) bond motifs is 1. The van der Waals surface area contributed by atoms with Gasteiger partial charge in [-0.05, 0) is 23.8 Å². The second-order valence-electron chi connectivity index (χ2n) is 8.02. The second-order valence-corrected chi connectivity index (χ2v) is 8.02. The predicted octanol–water partition coefficient (Wildman–Crippen LogP) is 2.68. The van der Waals surface area contributed by atoms with E-state index in [2.05, 4.69) is 0 Å². The zero-order chi connectivity index (χ0) is 22.8. The average molecular weight is 435 g/mol. The Morgan fingerprint density at radius 2 is 1.66 bits per heavy atom. The van der Waals surface area contributed by atoms with E-state index in [1.807, 2.05) is 46.0 Å². The summed E-state index contributed by atoms with van der Waals surface area (Å²) in [5.74, 6) is -2.08. The SMILES string of the molecule is CC(=O)N1CCN([C@H](C(=O)O)c2cn(Cc3ccccc3)c3ccc(C(=O)O)cc23)CC1. The molecule has 1 atom stereocenters. The van der Waals surface area contributed by atoms with Crippen LogP contribution >= 0.6 is 0 Å². The zero-order valence-corrected chi connectivity index (χ0v) is 17.8. The number of piperazine rings is 1. The van der Waals surface area contributed by atoms with Crippen LogP contribution in [-0.4, -0.2) is 68.6 Å². The van der Waals surface area contributed by atoms with Crippen molar-refractivity contribution in [3.63, 3.8) is 0 Å². The number of hydrogen-bond acceptors (Lipinski definition) is 4. The maximum absolute atomic E-state index is 12.4. The molecule has 166 valence electrons. The summed E-state index contributed by atoms with van der Waals surface area (Å²) in [6.07, 6.45) is 1.82. The summed E-state index contributed by atoms with van der Waals surface area (Å²) >= 11 is 0. The number of benzene rings is 2. The van der Waals surface area contributed by atoms with Crippen molar-refractivity contribution in [2.45, 2.75) is 19.5 Å². The number of aromatic carboxylic acids is 1. The predicted molar refractivity (Wildman–Crippen MR) is 119 cm³/mol. The molecule has 1 aliphatic rings. The Hall–Kier alpha value is -3.65. The van der Waals surface area contributed by atoms with Gasteiger partial charge in [0.15, 0.2) is 0 Å². The fourth-order valence-corrected chi connectivity index (χ4v) is 4.37. The van der Waals surface area contributed by atoms with Crippen molar-refractivity contribution < 1.29 is 24.6 Å². The minimum absolute atomic E-state index is 0.0258. The minimum atomic E-state index is -1.06. The molecule has 0 aliphatic carbocycles. The number of aromatic nitrogens is 1. The third kappa shape index (κ3) is 4.22. The Kier molecular flexibility index (Phi) is 5.96. The van der Waals surface area contributed by atoms with Gasteiger partial charge in [0.05, 0.1) is 5.56 Å². The lowest BCUT2D eigenvalue weighted by Crippen LogP contribution is -2.50.